The van der Waals surface area contributed by atoms with Crippen molar-refractivity contribution in [2.24, 2.45) is 46.8 Å². The molecular weight excluding hydrogens is 292 g/mol. The van der Waals surface area contributed by atoms with E-state index in [0.717, 1.165) is 35.5 Å². The van der Waals surface area contributed by atoms with Crippen molar-refractivity contribution in [1.82, 2.24) is 0 Å². The van der Waals surface area contributed by atoms with E-state index in [9.17, 15) is 5.11 Å². The molecule has 24 heavy (non-hydrogen) atoms. The van der Waals surface area contributed by atoms with Crippen molar-refractivity contribution in [3.63, 3.8) is 0 Å². The summed E-state index contributed by atoms with van der Waals surface area (Å²) in [6.07, 6.45) is 11.8. The van der Waals surface area contributed by atoms with Crippen LogP contribution in [0.5, 0.6) is 0 Å². The molecule has 3 fully saturated rings. The van der Waals surface area contributed by atoms with Crippen LogP contribution in [0.1, 0.15) is 65.7 Å². The van der Waals surface area contributed by atoms with Crippen molar-refractivity contribution in [2.75, 3.05) is 6.61 Å². The van der Waals surface area contributed by atoms with Crippen LogP contribution in [0.4, 0.5) is 0 Å². The fraction of sp³-hybridized carbons (Fsp3) is 0.826. The zero-order valence-corrected chi connectivity index (χ0v) is 15.9. The maximum Gasteiger partial charge on any atom is 0.0496 e. The van der Waals surface area contributed by atoms with Gasteiger partial charge in [-0.15, -0.1) is 0 Å². The number of allylic oxidation sites excluding steroid dienone is 2. The molecule has 134 valence electrons. The van der Waals surface area contributed by atoms with E-state index in [2.05, 4.69) is 33.4 Å². The maximum absolute atomic E-state index is 10.1. The SMILES string of the molecule is C=C1C=C2C(CO)CC3C(CCC4(CC)C(C)C(C)CC34)C2CC1. The summed E-state index contributed by atoms with van der Waals surface area (Å²) >= 11 is 0. The molecule has 0 aromatic carbocycles. The number of fused-ring (bicyclic) bond motifs is 5. The molecule has 0 saturated heterocycles. The lowest BCUT2D eigenvalue weighted by molar-refractivity contribution is -0.0467. The van der Waals surface area contributed by atoms with Gasteiger partial charge in [0, 0.05) is 12.5 Å². The summed E-state index contributed by atoms with van der Waals surface area (Å²) in [4.78, 5) is 0. The van der Waals surface area contributed by atoms with E-state index in [0.29, 0.717) is 17.9 Å². The second-order valence-electron chi connectivity index (χ2n) is 9.62. The van der Waals surface area contributed by atoms with Crippen molar-refractivity contribution < 1.29 is 5.11 Å². The first kappa shape index (κ1) is 16.9. The van der Waals surface area contributed by atoms with Crippen LogP contribution in [-0.2, 0) is 0 Å². The molecule has 8 unspecified atom stereocenters. The normalized spacial score (nSPS) is 50.8. The zero-order valence-electron chi connectivity index (χ0n) is 15.9. The summed E-state index contributed by atoms with van der Waals surface area (Å²) in [5.41, 5.74) is 3.46. The van der Waals surface area contributed by atoms with E-state index < -0.39 is 0 Å². The van der Waals surface area contributed by atoms with Gasteiger partial charge in [0.1, 0.15) is 0 Å². The molecule has 4 rings (SSSR count). The Labute approximate surface area is 148 Å². The molecule has 0 aromatic heterocycles. The molecule has 8 atom stereocenters. The smallest absolute Gasteiger partial charge is 0.0496 e. The predicted molar refractivity (Wildman–Crippen MR) is 101 cm³/mol. The van der Waals surface area contributed by atoms with Crippen LogP contribution in [0.25, 0.3) is 0 Å². The van der Waals surface area contributed by atoms with Gasteiger partial charge in [-0.1, -0.05) is 44.6 Å². The minimum absolute atomic E-state index is 0.343. The Morgan fingerprint density at radius 3 is 2.71 bits per heavy atom. The molecule has 4 aliphatic rings. The molecule has 4 aliphatic carbocycles. The highest BCUT2D eigenvalue weighted by Crippen LogP contribution is 2.66. The summed E-state index contributed by atoms with van der Waals surface area (Å²) in [7, 11) is 0. The fourth-order valence-corrected chi connectivity index (χ4v) is 7.75. The number of hydrogen-bond donors (Lipinski definition) is 1. The topological polar surface area (TPSA) is 20.2 Å². The van der Waals surface area contributed by atoms with E-state index in [4.69, 9.17) is 0 Å². The minimum Gasteiger partial charge on any atom is -0.396 e. The first-order valence-corrected chi connectivity index (χ1v) is 10.5. The first-order chi connectivity index (χ1) is 11.5. The van der Waals surface area contributed by atoms with E-state index >= 15 is 0 Å². The first-order valence-electron chi connectivity index (χ1n) is 10.5. The Bertz CT molecular complexity index is 546. The van der Waals surface area contributed by atoms with Crippen LogP contribution in [0.3, 0.4) is 0 Å². The third kappa shape index (κ3) is 2.23. The maximum atomic E-state index is 10.1. The minimum atomic E-state index is 0.343. The fourth-order valence-electron chi connectivity index (χ4n) is 7.75. The van der Waals surface area contributed by atoms with Gasteiger partial charge in [0.05, 0.1) is 0 Å². The van der Waals surface area contributed by atoms with Crippen LogP contribution in [0, 0.1) is 46.8 Å². The molecule has 1 N–H and O–H groups in total. The Kier molecular flexibility index (Phi) is 4.23. The Balaban J connectivity index is 1.70. The molecular formula is C23H36O. The average molecular weight is 329 g/mol. The Hall–Kier alpha value is -0.560. The molecule has 0 spiro atoms. The summed E-state index contributed by atoms with van der Waals surface area (Å²) in [6.45, 7) is 12.0. The van der Waals surface area contributed by atoms with E-state index in [1.54, 1.807) is 5.57 Å². The van der Waals surface area contributed by atoms with Crippen LogP contribution >= 0.6 is 0 Å². The molecule has 1 nitrogen and oxygen atoms in total. The second-order valence-corrected chi connectivity index (χ2v) is 9.62. The molecule has 0 amide bonds. The lowest BCUT2D eigenvalue weighted by Crippen LogP contribution is -2.49. The molecule has 3 saturated carbocycles. The molecule has 1 heteroatoms. The highest BCUT2D eigenvalue weighted by molar-refractivity contribution is 5.31. The summed E-state index contributed by atoms with van der Waals surface area (Å²) in [5.74, 6) is 5.56. The van der Waals surface area contributed by atoms with Crippen molar-refractivity contribution in [2.45, 2.75) is 65.7 Å². The zero-order chi connectivity index (χ0) is 17.1. The summed E-state index contributed by atoms with van der Waals surface area (Å²) in [5, 5.41) is 10.1. The van der Waals surface area contributed by atoms with Gasteiger partial charge in [0.15, 0.2) is 0 Å². The van der Waals surface area contributed by atoms with Crippen LogP contribution < -0.4 is 0 Å². The molecule has 0 bridgehead atoms. The van der Waals surface area contributed by atoms with Crippen LogP contribution in [0.2, 0.25) is 0 Å². The van der Waals surface area contributed by atoms with Crippen molar-refractivity contribution >= 4 is 0 Å². The van der Waals surface area contributed by atoms with Crippen LogP contribution in [0.15, 0.2) is 23.8 Å². The number of aliphatic hydroxyl groups is 1. The second kappa shape index (κ2) is 6.01. The van der Waals surface area contributed by atoms with Gasteiger partial charge in [-0.2, -0.15) is 0 Å². The van der Waals surface area contributed by atoms with E-state index in [1.807, 2.05) is 0 Å². The van der Waals surface area contributed by atoms with E-state index in [-0.39, 0.29) is 0 Å². The quantitative estimate of drug-likeness (QED) is 0.699. The Morgan fingerprint density at radius 2 is 2.00 bits per heavy atom. The highest BCUT2D eigenvalue weighted by Gasteiger charge is 2.59. The number of rotatable bonds is 2. The van der Waals surface area contributed by atoms with Crippen LogP contribution in [-0.4, -0.2) is 11.7 Å². The van der Waals surface area contributed by atoms with Gasteiger partial charge >= 0.3 is 0 Å². The van der Waals surface area contributed by atoms with Crippen molar-refractivity contribution in [3.05, 3.63) is 23.8 Å². The molecule has 0 heterocycles. The molecule has 0 radical (unpaired) electrons. The molecule has 0 aliphatic heterocycles. The number of aliphatic hydroxyl groups excluding tert-OH is 1. The van der Waals surface area contributed by atoms with Gasteiger partial charge < -0.3 is 5.11 Å². The van der Waals surface area contributed by atoms with Crippen molar-refractivity contribution in [1.29, 1.82) is 0 Å². The largest absolute Gasteiger partial charge is 0.396 e. The predicted octanol–water partition coefficient (Wildman–Crippen LogP) is 5.61. The number of hydrogen-bond acceptors (Lipinski definition) is 1. The van der Waals surface area contributed by atoms with Gasteiger partial charge in [0.2, 0.25) is 0 Å². The summed E-state index contributed by atoms with van der Waals surface area (Å²) in [6, 6.07) is 0. The summed E-state index contributed by atoms with van der Waals surface area (Å²) < 4.78 is 0. The average Bonchev–Trinajstić information content (AvgIpc) is 2.85. The van der Waals surface area contributed by atoms with Gasteiger partial charge in [-0.05, 0) is 85.9 Å². The van der Waals surface area contributed by atoms with E-state index in [1.165, 1.54) is 50.5 Å². The monoisotopic (exact) mass is 328 g/mol. The lowest BCUT2D eigenvalue weighted by atomic mass is 9.48. The van der Waals surface area contributed by atoms with Crippen molar-refractivity contribution in [3.8, 4) is 0 Å². The third-order valence-corrected chi connectivity index (χ3v) is 9.13. The third-order valence-electron chi connectivity index (χ3n) is 9.13. The van der Waals surface area contributed by atoms with Gasteiger partial charge in [-0.25, -0.2) is 0 Å². The standard InChI is InChI=1S/C23H36O/c1-5-23-9-8-19-18-7-6-14(2)10-20(18)17(13-24)12-21(19)22(23)11-15(3)16(23)4/h10,15-19,21-22,24H,2,5-9,11-13H2,1,3-4H3. The molecule has 0 aromatic rings. The van der Waals surface area contributed by atoms with Gasteiger partial charge in [0.25, 0.3) is 0 Å². The highest BCUT2D eigenvalue weighted by atomic mass is 16.3. The lowest BCUT2D eigenvalue weighted by Gasteiger charge is -2.56. The van der Waals surface area contributed by atoms with Gasteiger partial charge in [-0.3, -0.25) is 0 Å². The Morgan fingerprint density at radius 1 is 1.21 bits per heavy atom.